The Morgan fingerprint density at radius 2 is 2.41 bits per heavy atom. The van der Waals surface area contributed by atoms with E-state index in [9.17, 15) is 4.79 Å². The highest BCUT2D eigenvalue weighted by Gasteiger charge is 2.30. The first-order valence-corrected chi connectivity index (χ1v) is 6.58. The summed E-state index contributed by atoms with van der Waals surface area (Å²) in [7, 11) is 0. The number of ether oxygens (including phenoxy) is 1. The van der Waals surface area contributed by atoms with Crippen LogP contribution < -0.4 is 10.1 Å². The van der Waals surface area contributed by atoms with Gasteiger partial charge in [0.15, 0.2) is 0 Å². The summed E-state index contributed by atoms with van der Waals surface area (Å²) in [4.78, 5) is 12.1. The summed E-state index contributed by atoms with van der Waals surface area (Å²) >= 11 is 1.68. The molecule has 2 N–H and O–H groups in total. The van der Waals surface area contributed by atoms with Crippen molar-refractivity contribution in [2.45, 2.75) is 17.4 Å². The second kappa shape index (κ2) is 4.23. The van der Waals surface area contributed by atoms with Crippen molar-refractivity contribution in [3.8, 4) is 5.75 Å². The molecule has 0 bridgehead atoms. The van der Waals surface area contributed by atoms with Crippen molar-refractivity contribution in [2.75, 3.05) is 12.5 Å². The molecular formula is C12H13NO3S. The van der Waals surface area contributed by atoms with Gasteiger partial charge in [0.2, 0.25) is 0 Å². The van der Waals surface area contributed by atoms with E-state index < -0.39 is 5.97 Å². The van der Waals surface area contributed by atoms with E-state index in [-0.39, 0.29) is 12.0 Å². The van der Waals surface area contributed by atoms with Crippen LogP contribution in [-0.4, -0.2) is 23.6 Å². The van der Waals surface area contributed by atoms with Crippen LogP contribution in [0.3, 0.4) is 0 Å². The zero-order valence-corrected chi connectivity index (χ0v) is 10.00. The Labute approximate surface area is 103 Å². The van der Waals surface area contributed by atoms with Crippen LogP contribution in [0.15, 0.2) is 23.1 Å². The van der Waals surface area contributed by atoms with Crippen molar-refractivity contribution < 1.29 is 14.6 Å². The quantitative estimate of drug-likeness (QED) is 0.840. The monoisotopic (exact) mass is 251 g/mol. The van der Waals surface area contributed by atoms with E-state index in [1.165, 1.54) is 0 Å². The van der Waals surface area contributed by atoms with Gasteiger partial charge in [-0.25, -0.2) is 0 Å². The molecule has 2 unspecified atom stereocenters. The number of rotatable bonds is 2. The number of carboxylic acids is 1. The molecular weight excluding hydrogens is 238 g/mol. The predicted molar refractivity (Wildman–Crippen MR) is 64.3 cm³/mol. The van der Waals surface area contributed by atoms with Crippen molar-refractivity contribution in [1.82, 2.24) is 5.32 Å². The molecule has 4 nitrogen and oxygen atoms in total. The first-order valence-electron chi connectivity index (χ1n) is 5.60. The first kappa shape index (κ1) is 10.9. The fourth-order valence-corrected chi connectivity index (χ4v) is 3.11. The summed E-state index contributed by atoms with van der Waals surface area (Å²) < 4.78 is 5.42. The Balaban J connectivity index is 1.79. The number of carbonyl (C=O) groups is 1. The van der Waals surface area contributed by atoms with Crippen molar-refractivity contribution in [3.63, 3.8) is 0 Å². The number of fused-ring (bicyclic) bond motifs is 1. The van der Waals surface area contributed by atoms with Gasteiger partial charge in [-0.2, -0.15) is 0 Å². The summed E-state index contributed by atoms with van der Waals surface area (Å²) in [5, 5.41) is 12.2. The number of carboxylic acid groups (broad SMARTS) is 1. The summed E-state index contributed by atoms with van der Waals surface area (Å²) in [5.74, 6) is 0.636. The van der Waals surface area contributed by atoms with Crippen LogP contribution in [0.25, 0.3) is 0 Å². The summed E-state index contributed by atoms with van der Waals surface area (Å²) in [6, 6.07) is 6.25. The van der Waals surface area contributed by atoms with Gasteiger partial charge in [0.1, 0.15) is 11.7 Å². The number of thioether (sulfide) groups is 1. The largest absolute Gasteiger partial charge is 0.481 e. The lowest BCUT2D eigenvalue weighted by atomic mass is 10.0. The van der Waals surface area contributed by atoms with Crippen LogP contribution in [0, 0.1) is 5.92 Å². The van der Waals surface area contributed by atoms with Gasteiger partial charge in [-0.1, -0.05) is 17.8 Å². The lowest BCUT2D eigenvalue weighted by Crippen LogP contribution is -2.17. The van der Waals surface area contributed by atoms with Gasteiger partial charge in [-0.05, 0) is 24.1 Å². The molecule has 0 radical (unpaired) electrons. The molecule has 0 saturated carbocycles. The van der Waals surface area contributed by atoms with Crippen molar-refractivity contribution >= 4 is 17.7 Å². The van der Waals surface area contributed by atoms with Gasteiger partial charge in [-0.3, -0.25) is 4.79 Å². The predicted octanol–water partition coefficient (Wildman–Crippen LogP) is 1.86. The number of aliphatic carboxylic acids is 1. The Morgan fingerprint density at radius 1 is 1.53 bits per heavy atom. The second-order valence-corrected chi connectivity index (χ2v) is 5.31. The van der Waals surface area contributed by atoms with Crippen molar-refractivity contribution in [2.24, 2.45) is 5.92 Å². The zero-order chi connectivity index (χ0) is 11.8. The molecule has 2 heterocycles. The average Bonchev–Trinajstić information content (AvgIpc) is 2.97. The minimum Gasteiger partial charge on any atom is -0.481 e. The van der Waals surface area contributed by atoms with E-state index in [1.54, 1.807) is 11.8 Å². The number of nitrogens with one attached hydrogen (secondary N) is 1. The lowest BCUT2D eigenvalue weighted by Gasteiger charge is -2.11. The lowest BCUT2D eigenvalue weighted by molar-refractivity contribution is -0.141. The van der Waals surface area contributed by atoms with Gasteiger partial charge in [0.05, 0.1) is 10.8 Å². The van der Waals surface area contributed by atoms with E-state index in [2.05, 4.69) is 11.4 Å². The molecule has 0 aliphatic carbocycles. The molecule has 3 rings (SSSR count). The number of benzene rings is 1. The molecule has 1 saturated heterocycles. The highest BCUT2D eigenvalue weighted by atomic mass is 32.2. The van der Waals surface area contributed by atoms with Gasteiger partial charge in [0.25, 0.3) is 0 Å². The maximum absolute atomic E-state index is 10.9. The van der Waals surface area contributed by atoms with E-state index in [4.69, 9.17) is 9.84 Å². The molecule has 0 spiro atoms. The Kier molecular flexibility index (Phi) is 2.72. The summed E-state index contributed by atoms with van der Waals surface area (Å²) in [6.45, 7) is 0.556. The molecule has 17 heavy (non-hydrogen) atoms. The normalized spacial score (nSPS) is 26.6. The molecule has 1 aromatic carbocycles. The fraction of sp³-hybridized carbons (Fsp3) is 0.417. The van der Waals surface area contributed by atoms with Gasteiger partial charge < -0.3 is 15.2 Å². The Hall–Kier alpha value is -1.20. The van der Waals surface area contributed by atoms with Crippen LogP contribution in [0.4, 0.5) is 0 Å². The highest BCUT2D eigenvalue weighted by molar-refractivity contribution is 7.99. The molecule has 5 heteroatoms. The van der Waals surface area contributed by atoms with Crippen LogP contribution in [-0.2, 0) is 4.79 Å². The number of hydrogen-bond acceptors (Lipinski definition) is 4. The van der Waals surface area contributed by atoms with Crippen LogP contribution in [0.2, 0.25) is 0 Å². The molecule has 0 amide bonds. The average molecular weight is 251 g/mol. The van der Waals surface area contributed by atoms with Crippen LogP contribution in [0.5, 0.6) is 5.75 Å². The van der Waals surface area contributed by atoms with Gasteiger partial charge in [-0.15, -0.1) is 0 Å². The third-order valence-corrected chi connectivity index (χ3v) is 4.14. The standard InChI is InChI=1S/C12H13NO3S/c14-12(15)8-3-9(13-5-8)7-1-2-10-11(4-7)17-6-16-10/h1-2,4,8-9,13H,3,5-6H2,(H,14,15). The molecule has 2 atom stereocenters. The summed E-state index contributed by atoms with van der Waals surface area (Å²) in [6.07, 6.45) is 0.666. The van der Waals surface area contributed by atoms with E-state index in [0.29, 0.717) is 18.9 Å². The molecule has 2 aliphatic rings. The minimum absolute atomic E-state index is 0.155. The van der Waals surface area contributed by atoms with Crippen molar-refractivity contribution in [1.29, 1.82) is 0 Å². The maximum atomic E-state index is 10.9. The highest BCUT2D eigenvalue weighted by Crippen LogP contribution is 2.39. The fourth-order valence-electron chi connectivity index (χ4n) is 2.31. The van der Waals surface area contributed by atoms with Crippen molar-refractivity contribution in [3.05, 3.63) is 23.8 Å². The molecule has 2 aliphatic heterocycles. The topological polar surface area (TPSA) is 58.6 Å². The maximum Gasteiger partial charge on any atom is 0.307 e. The minimum atomic E-state index is -0.709. The summed E-state index contributed by atoms with van der Waals surface area (Å²) in [5.41, 5.74) is 1.16. The first-order chi connectivity index (χ1) is 8.24. The number of hydrogen-bond donors (Lipinski definition) is 2. The van der Waals surface area contributed by atoms with Crippen LogP contribution >= 0.6 is 11.8 Å². The smallest absolute Gasteiger partial charge is 0.307 e. The van der Waals surface area contributed by atoms with Gasteiger partial charge in [0, 0.05) is 12.6 Å². The molecule has 1 aromatic rings. The van der Waals surface area contributed by atoms with E-state index in [1.807, 2.05) is 12.1 Å². The molecule has 1 fully saturated rings. The second-order valence-electron chi connectivity index (χ2n) is 4.34. The third kappa shape index (κ3) is 2.00. The molecule has 90 valence electrons. The van der Waals surface area contributed by atoms with Crippen LogP contribution in [0.1, 0.15) is 18.0 Å². The SMILES string of the molecule is O=C(O)C1CNC(c2ccc3c(c2)SCO3)C1. The Morgan fingerprint density at radius 3 is 3.18 bits per heavy atom. The van der Waals surface area contributed by atoms with E-state index >= 15 is 0 Å². The van der Waals surface area contributed by atoms with E-state index in [0.717, 1.165) is 16.2 Å². The molecule has 0 aromatic heterocycles. The third-order valence-electron chi connectivity index (χ3n) is 3.28. The Bertz CT molecular complexity index is 463. The van der Waals surface area contributed by atoms with Gasteiger partial charge >= 0.3 is 5.97 Å². The zero-order valence-electron chi connectivity index (χ0n) is 9.18.